The minimum atomic E-state index is -0.248. The summed E-state index contributed by atoms with van der Waals surface area (Å²) in [4.78, 5) is 29.1. The molecule has 3 rings (SSSR count). The molecule has 2 N–H and O–H groups in total. The van der Waals surface area contributed by atoms with E-state index in [9.17, 15) is 9.59 Å². The molecule has 0 radical (unpaired) electrons. The molecule has 8 heteroatoms. The molecule has 148 valence electrons. The van der Waals surface area contributed by atoms with E-state index in [-0.39, 0.29) is 23.8 Å². The fraction of sp³-hybridized carbons (Fsp3) is 0.400. The van der Waals surface area contributed by atoms with Gasteiger partial charge in [-0.25, -0.2) is 9.67 Å². The Morgan fingerprint density at radius 2 is 1.93 bits per heavy atom. The van der Waals surface area contributed by atoms with Crippen LogP contribution in [0.5, 0.6) is 0 Å². The number of carbonyl (C=O) groups excluding carboxylic acids is 2. The van der Waals surface area contributed by atoms with Crippen LogP contribution in [0.25, 0.3) is 22.5 Å². The second-order valence-electron chi connectivity index (χ2n) is 7.15. The SMILES string of the molecule is CC(C)C(=O)NCCNC(=O)c1cc(-c2ccco2)nc2c1cnn2C(C)C. The first-order chi connectivity index (χ1) is 13.4. The Morgan fingerprint density at radius 3 is 2.57 bits per heavy atom. The van der Waals surface area contributed by atoms with Gasteiger partial charge in [0, 0.05) is 25.0 Å². The van der Waals surface area contributed by atoms with Crippen molar-refractivity contribution >= 4 is 22.8 Å². The average molecular weight is 383 g/mol. The van der Waals surface area contributed by atoms with Crippen LogP contribution in [0, 0.1) is 5.92 Å². The zero-order chi connectivity index (χ0) is 20.3. The van der Waals surface area contributed by atoms with Crippen LogP contribution in [-0.4, -0.2) is 39.7 Å². The van der Waals surface area contributed by atoms with Crippen LogP contribution >= 0.6 is 0 Å². The Balaban J connectivity index is 1.87. The van der Waals surface area contributed by atoms with Gasteiger partial charge >= 0.3 is 0 Å². The molecule has 0 saturated carbocycles. The number of rotatable bonds is 7. The van der Waals surface area contributed by atoms with Gasteiger partial charge in [0.1, 0.15) is 5.69 Å². The lowest BCUT2D eigenvalue weighted by atomic mass is 10.1. The summed E-state index contributed by atoms with van der Waals surface area (Å²) in [5, 5.41) is 10.7. The molecule has 0 bridgehead atoms. The van der Waals surface area contributed by atoms with Crippen molar-refractivity contribution in [2.45, 2.75) is 33.7 Å². The van der Waals surface area contributed by atoms with Gasteiger partial charge in [-0.2, -0.15) is 5.10 Å². The average Bonchev–Trinajstić information content (AvgIpc) is 3.33. The number of carbonyl (C=O) groups is 2. The fourth-order valence-electron chi connectivity index (χ4n) is 2.80. The van der Waals surface area contributed by atoms with Gasteiger partial charge in [-0.3, -0.25) is 9.59 Å². The van der Waals surface area contributed by atoms with Crippen LogP contribution in [-0.2, 0) is 4.79 Å². The number of fused-ring (bicyclic) bond motifs is 1. The van der Waals surface area contributed by atoms with E-state index >= 15 is 0 Å². The van der Waals surface area contributed by atoms with Gasteiger partial charge < -0.3 is 15.1 Å². The van der Waals surface area contributed by atoms with E-state index in [1.807, 2.05) is 27.7 Å². The summed E-state index contributed by atoms with van der Waals surface area (Å²) in [5.74, 6) is 0.200. The van der Waals surface area contributed by atoms with E-state index in [1.165, 1.54) is 0 Å². The predicted molar refractivity (Wildman–Crippen MR) is 106 cm³/mol. The van der Waals surface area contributed by atoms with Crippen LogP contribution in [0.1, 0.15) is 44.1 Å². The third kappa shape index (κ3) is 4.05. The molecule has 3 heterocycles. The summed E-state index contributed by atoms with van der Waals surface area (Å²) in [6.07, 6.45) is 3.22. The lowest BCUT2D eigenvalue weighted by molar-refractivity contribution is -0.123. The Kier molecular flexibility index (Phi) is 5.77. The molecule has 8 nitrogen and oxygen atoms in total. The largest absolute Gasteiger partial charge is 0.463 e. The second-order valence-corrected chi connectivity index (χ2v) is 7.15. The van der Waals surface area contributed by atoms with Crippen LogP contribution in [0.2, 0.25) is 0 Å². The number of furan rings is 1. The fourth-order valence-corrected chi connectivity index (χ4v) is 2.80. The molecule has 0 aromatic carbocycles. The van der Waals surface area contributed by atoms with Gasteiger partial charge in [-0.15, -0.1) is 0 Å². The number of pyridine rings is 1. The van der Waals surface area contributed by atoms with Crippen molar-refractivity contribution in [2.75, 3.05) is 13.1 Å². The molecule has 0 fully saturated rings. The number of aromatic nitrogens is 3. The zero-order valence-corrected chi connectivity index (χ0v) is 16.5. The number of hydrogen-bond acceptors (Lipinski definition) is 5. The Labute approximate surface area is 163 Å². The van der Waals surface area contributed by atoms with Crippen LogP contribution < -0.4 is 10.6 Å². The molecule has 0 aliphatic rings. The second kappa shape index (κ2) is 8.24. The number of hydrogen-bond donors (Lipinski definition) is 2. The van der Waals surface area contributed by atoms with Crippen LogP contribution in [0.3, 0.4) is 0 Å². The normalized spacial score (nSPS) is 11.4. The number of nitrogens with one attached hydrogen (secondary N) is 2. The van der Waals surface area contributed by atoms with Gasteiger partial charge in [0.15, 0.2) is 11.4 Å². The molecule has 3 aromatic heterocycles. The highest BCUT2D eigenvalue weighted by atomic mass is 16.3. The van der Waals surface area contributed by atoms with E-state index in [4.69, 9.17) is 4.42 Å². The van der Waals surface area contributed by atoms with E-state index in [0.717, 1.165) is 0 Å². The molecular formula is C20H25N5O3. The third-order valence-electron chi connectivity index (χ3n) is 4.31. The molecule has 0 atom stereocenters. The molecule has 0 saturated heterocycles. The molecule has 3 aromatic rings. The number of amides is 2. The van der Waals surface area contributed by atoms with Gasteiger partial charge in [0.2, 0.25) is 5.91 Å². The van der Waals surface area contributed by atoms with Crippen molar-refractivity contribution in [1.29, 1.82) is 0 Å². The summed E-state index contributed by atoms with van der Waals surface area (Å²) in [6.45, 7) is 8.35. The molecular weight excluding hydrogens is 358 g/mol. The maximum absolute atomic E-state index is 12.8. The molecule has 0 unspecified atom stereocenters. The maximum atomic E-state index is 12.8. The minimum Gasteiger partial charge on any atom is -0.463 e. The van der Waals surface area contributed by atoms with Crippen molar-refractivity contribution < 1.29 is 14.0 Å². The van der Waals surface area contributed by atoms with E-state index in [0.29, 0.717) is 41.1 Å². The first-order valence-electron chi connectivity index (χ1n) is 9.36. The van der Waals surface area contributed by atoms with Crippen molar-refractivity contribution in [3.05, 3.63) is 36.2 Å². The molecule has 28 heavy (non-hydrogen) atoms. The Bertz CT molecular complexity index is 973. The van der Waals surface area contributed by atoms with Crippen LogP contribution in [0.4, 0.5) is 0 Å². The lowest BCUT2D eigenvalue weighted by Crippen LogP contribution is -2.36. The highest BCUT2D eigenvalue weighted by molar-refractivity contribution is 6.06. The Morgan fingerprint density at radius 1 is 1.18 bits per heavy atom. The quantitative estimate of drug-likeness (QED) is 0.611. The first kappa shape index (κ1) is 19.6. The summed E-state index contributed by atoms with van der Waals surface area (Å²) < 4.78 is 7.24. The topological polar surface area (TPSA) is 102 Å². The summed E-state index contributed by atoms with van der Waals surface area (Å²) in [5.41, 5.74) is 1.67. The van der Waals surface area contributed by atoms with Crippen molar-refractivity contribution in [3.8, 4) is 11.5 Å². The third-order valence-corrected chi connectivity index (χ3v) is 4.31. The minimum absolute atomic E-state index is 0.0427. The standard InChI is InChI=1S/C20H25N5O3/c1-12(2)19(26)21-7-8-22-20(27)14-10-16(17-6-5-9-28-17)24-18-15(14)11-23-25(18)13(3)4/h5-6,9-13H,7-8H2,1-4H3,(H,21,26)(H,22,27). The van der Waals surface area contributed by atoms with Gasteiger partial charge in [0.25, 0.3) is 5.91 Å². The predicted octanol–water partition coefficient (Wildman–Crippen LogP) is 2.77. The summed E-state index contributed by atoms with van der Waals surface area (Å²) >= 11 is 0. The monoisotopic (exact) mass is 383 g/mol. The van der Waals surface area contributed by atoms with Gasteiger partial charge in [-0.1, -0.05) is 13.8 Å². The Hall–Kier alpha value is -3.16. The molecule has 0 aliphatic heterocycles. The molecule has 0 spiro atoms. The maximum Gasteiger partial charge on any atom is 0.252 e. The number of nitrogens with zero attached hydrogens (tertiary/aromatic N) is 3. The van der Waals surface area contributed by atoms with E-state index in [1.54, 1.807) is 35.3 Å². The smallest absolute Gasteiger partial charge is 0.252 e. The van der Waals surface area contributed by atoms with Crippen LogP contribution in [0.15, 0.2) is 35.1 Å². The molecule has 0 aliphatic carbocycles. The summed E-state index contributed by atoms with van der Waals surface area (Å²) in [7, 11) is 0. The summed E-state index contributed by atoms with van der Waals surface area (Å²) in [6, 6.07) is 5.38. The van der Waals surface area contributed by atoms with Crippen molar-refractivity contribution in [1.82, 2.24) is 25.4 Å². The van der Waals surface area contributed by atoms with E-state index < -0.39 is 0 Å². The highest BCUT2D eigenvalue weighted by Gasteiger charge is 2.19. The lowest BCUT2D eigenvalue weighted by Gasteiger charge is -2.11. The van der Waals surface area contributed by atoms with Gasteiger partial charge in [0.05, 0.1) is 23.4 Å². The van der Waals surface area contributed by atoms with Crippen molar-refractivity contribution in [3.63, 3.8) is 0 Å². The highest BCUT2D eigenvalue weighted by Crippen LogP contribution is 2.26. The molecule has 2 amide bonds. The first-order valence-corrected chi connectivity index (χ1v) is 9.36. The van der Waals surface area contributed by atoms with Gasteiger partial charge in [-0.05, 0) is 32.0 Å². The zero-order valence-electron chi connectivity index (χ0n) is 16.5. The van der Waals surface area contributed by atoms with E-state index in [2.05, 4.69) is 20.7 Å². The van der Waals surface area contributed by atoms with Crippen molar-refractivity contribution in [2.24, 2.45) is 5.92 Å².